The van der Waals surface area contributed by atoms with Crippen molar-refractivity contribution in [1.29, 1.82) is 0 Å². The van der Waals surface area contributed by atoms with E-state index < -0.39 is 0 Å². The van der Waals surface area contributed by atoms with E-state index in [1.165, 1.54) is 36.4 Å². The van der Waals surface area contributed by atoms with E-state index in [1.54, 1.807) is 11.8 Å². The maximum absolute atomic E-state index is 4.31. The molecule has 0 radical (unpaired) electrons. The van der Waals surface area contributed by atoms with Crippen LogP contribution in [0.3, 0.4) is 0 Å². The molecule has 0 atom stereocenters. The fourth-order valence-corrected chi connectivity index (χ4v) is 3.31. The Hall–Kier alpha value is -0.580. The second-order valence-corrected chi connectivity index (χ2v) is 8.29. The van der Waals surface area contributed by atoms with E-state index in [2.05, 4.69) is 62.9 Å². The van der Waals surface area contributed by atoms with E-state index in [-0.39, 0.29) is 0 Å². The van der Waals surface area contributed by atoms with Crippen molar-refractivity contribution in [3.05, 3.63) is 45.2 Å². The SMILES string of the molecule is C=C(NCCN1CCC(C)CC1)SC(/C=C(\C)C(=C)S)=C(C)C. The third kappa shape index (κ3) is 8.18. The second-order valence-electron chi connectivity index (χ2n) is 6.61. The summed E-state index contributed by atoms with van der Waals surface area (Å²) in [5.41, 5.74) is 2.36. The van der Waals surface area contributed by atoms with Crippen molar-refractivity contribution >= 4 is 24.4 Å². The normalized spacial score (nSPS) is 17.0. The van der Waals surface area contributed by atoms with Crippen molar-refractivity contribution in [2.45, 2.75) is 40.5 Å². The van der Waals surface area contributed by atoms with Gasteiger partial charge in [0.25, 0.3) is 0 Å². The number of hydrogen-bond donors (Lipinski definition) is 2. The highest BCUT2D eigenvalue weighted by molar-refractivity contribution is 8.06. The van der Waals surface area contributed by atoms with E-state index >= 15 is 0 Å². The maximum atomic E-state index is 4.31. The Bertz CT molecular complexity index is 480. The fraction of sp³-hybridized carbons (Fsp3) is 0.579. The molecule has 0 aromatic rings. The van der Waals surface area contributed by atoms with Crippen LogP contribution in [-0.2, 0) is 0 Å². The lowest BCUT2D eigenvalue weighted by Gasteiger charge is -2.30. The number of nitrogens with one attached hydrogen (secondary N) is 1. The quantitative estimate of drug-likeness (QED) is 0.461. The molecule has 0 aromatic carbocycles. The van der Waals surface area contributed by atoms with Gasteiger partial charge in [0.2, 0.25) is 0 Å². The van der Waals surface area contributed by atoms with E-state index in [9.17, 15) is 0 Å². The summed E-state index contributed by atoms with van der Waals surface area (Å²) < 4.78 is 0. The molecule has 0 bridgehead atoms. The molecule has 0 spiro atoms. The average molecular weight is 353 g/mol. The van der Waals surface area contributed by atoms with Crippen LogP contribution < -0.4 is 5.32 Å². The van der Waals surface area contributed by atoms with Crippen molar-refractivity contribution < 1.29 is 0 Å². The molecule has 1 saturated heterocycles. The highest BCUT2D eigenvalue weighted by atomic mass is 32.2. The van der Waals surface area contributed by atoms with Crippen LogP contribution in [0.15, 0.2) is 45.2 Å². The summed E-state index contributed by atoms with van der Waals surface area (Å²) >= 11 is 6.00. The Balaban J connectivity index is 2.41. The van der Waals surface area contributed by atoms with Gasteiger partial charge in [0, 0.05) is 18.0 Å². The second kappa shape index (κ2) is 10.3. The molecule has 1 aliphatic rings. The summed E-state index contributed by atoms with van der Waals surface area (Å²) in [7, 11) is 0. The fourth-order valence-electron chi connectivity index (χ4n) is 2.36. The van der Waals surface area contributed by atoms with Crippen LogP contribution in [0.25, 0.3) is 0 Å². The molecule has 1 N–H and O–H groups in total. The third-order valence-corrected chi connectivity index (χ3v) is 5.64. The smallest absolute Gasteiger partial charge is 0.0657 e. The Labute approximate surface area is 152 Å². The Morgan fingerprint density at radius 1 is 1.26 bits per heavy atom. The predicted molar refractivity (Wildman–Crippen MR) is 110 cm³/mol. The minimum atomic E-state index is 0.808. The van der Waals surface area contributed by atoms with Crippen molar-refractivity contribution in [2.75, 3.05) is 26.2 Å². The predicted octanol–water partition coefficient (Wildman–Crippen LogP) is 5.20. The number of rotatable bonds is 8. The topological polar surface area (TPSA) is 15.3 Å². The average Bonchev–Trinajstić information content (AvgIpc) is 2.48. The zero-order chi connectivity index (χ0) is 17.4. The molecule has 4 heteroatoms. The highest BCUT2D eigenvalue weighted by Crippen LogP contribution is 2.29. The Kier molecular flexibility index (Phi) is 9.18. The molecule has 0 aromatic heterocycles. The standard InChI is InChI=1S/C19H32N2S2/c1-14(2)19(13-16(4)17(5)22)23-18(6)20-9-12-21-10-7-15(3)8-11-21/h13,15,20,22H,5-12H2,1-4H3/b16-13+. The van der Waals surface area contributed by atoms with Crippen LogP contribution >= 0.6 is 24.4 Å². The van der Waals surface area contributed by atoms with Gasteiger partial charge in [-0.05, 0) is 69.2 Å². The summed E-state index contributed by atoms with van der Waals surface area (Å²) in [6, 6.07) is 0. The van der Waals surface area contributed by atoms with Gasteiger partial charge in [-0.3, -0.25) is 0 Å². The molecule has 1 aliphatic heterocycles. The van der Waals surface area contributed by atoms with E-state index in [1.807, 2.05) is 6.92 Å². The summed E-state index contributed by atoms with van der Waals surface area (Å²) in [6.07, 6.45) is 4.79. The van der Waals surface area contributed by atoms with Gasteiger partial charge in [-0.1, -0.05) is 37.4 Å². The van der Waals surface area contributed by atoms with Gasteiger partial charge in [-0.15, -0.1) is 12.6 Å². The highest BCUT2D eigenvalue weighted by Gasteiger charge is 2.14. The van der Waals surface area contributed by atoms with Gasteiger partial charge in [-0.25, -0.2) is 0 Å². The molecular formula is C19H32N2S2. The van der Waals surface area contributed by atoms with Gasteiger partial charge in [0.1, 0.15) is 0 Å². The number of allylic oxidation sites excluding steroid dienone is 3. The Morgan fingerprint density at radius 2 is 1.87 bits per heavy atom. The largest absolute Gasteiger partial charge is 0.379 e. The molecule has 0 saturated carbocycles. The number of hydrogen-bond acceptors (Lipinski definition) is 4. The van der Waals surface area contributed by atoms with Crippen LogP contribution in [0.5, 0.6) is 0 Å². The van der Waals surface area contributed by atoms with E-state index in [4.69, 9.17) is 0 Å². The third-order valence-electron chi connectivity index (χ3n) is 4.16. The zero-order valence-corrected chi connectivity index (χ0v) is 16.8. The first-order chi connectivity index (χ1) is 10.8. The molecule has 1 fully saturated rings. The summed E-state index contributed by atoms with van der Waals surface area (Å²) in [5, 5.41) is 4.45. The minimum Gasteiger partial charge on any atom is -0.379 e. The molecule has 23 heavy (non-hydrogen) atoms. The first-order valence-corrected chi connectivity index (χ1v) is 9.63. The first kappa shape index (κ1) is 20.5. The van der Waals surface area contributed by atoms with Gasteiger partial charge >= 0.3 is 0 Å². The molecule has 0 amide bonds. The van der Waals surface area contributed by atoms with Crippen LogP contribution in [0.1, 0.15) is 40.5 Å². The molecule has 1 heterocycles. The van der Waals surface area contributed by atoms with Gasteiger partial charge in [0.05, 0.1) is 5.03 Å². The van der Waals surface area contributed by atoms with Gasteiger partial charge < -0.3 is 10.2 Å². The zero-order valence-electron chi connectivity index (χ0n) is 15.1. The van der Waals surface area contributed by atoms with E-state index in [0.717, 1.165) is 34.5 Å². The Morgan fingerprint density at radius 3 is 2.39 bits per heavy atom. The molecule has 2 nitrogen and oxygen atoms in total. The van der Waals surface area contributed by atoms with Gasteiger partial charge in [0.15, 0.2) is 0 Å². The lowest BCUT2D eigenvalue weighted by atomic mass is 9.99. The van der Waals surface area contributed by atoms with Crippen LogP contribution in [-0.4, -0.2) is 31.1 Å². The monoisotopic (exact) mass is 352 g/mol. The lowest BCUT2D eigenvalue weighted by molar-refractivity contribution is 0.195. The van der Waals surface area contributed by atoms with Crippen LogP contribution in [0.2, 0.25) is 0 Å². The summed E-state index contributed by atoms with van der Waals surface area (Å²) in [5.74, 6) is 0.890. The van der Waals surface area contributed by atoms with Gasteiger partial charge in [-0.2, -0.15) is 0 Å². The van der Waals surface area contributed by atoms with Crippen LogP contribution in [0, 0.1) is 5.92 Å². The number of thioether (sulfide) groups is 1. The van der Waals surface area contributed by atoms with Crippen molar-refractivity contribution in [3.8, 4) is 0 Å². The number of nitrogens with zero attached hydrogens (tertiary/aromatic N) is 1. The lowest BCUT2D eigenvalue weighted by Crippen LogP contribution is -2.37. The molecule has 0 unspecified atom stereocenters. The molecule has 1 rings (SSSR count). The summed E-state index contributed by atoms with van der Waals surface area (Å²) in [4.78, 5) is 4.56. The molecular weight excluding hydrogens is 320 g/mol. The number of likely N-dealkylation sites (tertiary alicyclic amines) is 1. The molecule has 130 valence electrons. The first-order valence-electron chi connectivity index (χ1n) is 8.36. The summed E-state index contributed by atoms with van der Waals surface area (Å²) in [6.45, 7) is 21.2. The number of piperidine rings is 1. The van der Waals surface area contributed by atoms with Crippen molar-refractivity contribution in [3.63, 3.8) is 0 Å². The van der Waals surface area contributed by atoms with Crippen molar-refractivity contribution in [2.24, 2.45) is 5.92 Å². The minimum absolute atomic E-state index is 0.808. The van der Waals surface area contributed by atoms with E-state index in [0.29, 0.717) is 0 Å². The van der Waals surface area contributed by atoms with Crippen LogP contribution in [0.4, 0.5) is 0 Å². The maximum Gasteiger partial charge on any atom is 0.0657 e. The molecule has 0 aliphatic carbocycles. The number of thiol groups is 1. The van der Waals surface area contributed by atoms with Crippen molar-refractivity contribution in [1.82, 2.24) is 10.2 Å².